The SMILES string of the molecule is Cc1cscc1CNCc1cc(F)ccc1Br. The normalized spacial score (nSPS) is 10.8. The summed E-state index contributed by atoms with van der Waals surface area (Å²) in [5.41, 5.74) is 3.56. The van der Waals surface area contributed by atoms with E-state index in [1.807, 2.05) is 0 Å². The minimum absolute atomic E-state index is 0.197. The van der Waals surface area contributed by atoms with E-state index in [0.29, 0.717) is 6.54 Å². The largest absolute Gasteiger partial charge is 0.309 e. The highest BCUT2D eigenvalue weighted by atomic mass is 79.9. The zero-order valence-electron chi connectivity index (χ0n) is 9.47. The number of halogens is 2. The predicted octanol–water partition coefficient (Wildman–Crippen LogP) is 4.25. The minimum Gasteiger partial charge on any atom is -0.309 e. The molecule has 0 fully saturated rings. The summed E-state index contributed by atoms with van der Waals surface area (Å²) >= 11 is 5.13. The van der Waals surface area contributed by atoms with Gasteiger partial charge in [0.2, 0.25) is 0 Å². The van der Waals surface area contributed by atoms with Crippen molar-refractivity contribution in [2.45, 2.75) is 20.0 Å². The van der Waals surface area contributed by atoms with Crippen LogP contribution < -0.4 is 5.32 Å². The van der Waals surface area contributed by atoms with E-state index in [0.717, 1.165) is 16.6 Å². The van der Waals surface area contributed by atoms with Crippen LogP contribution in [0, 0.1) is 12.7 Å². The van der Waals surface area contributed by atoms with Crippen LogP contribution in [-0.2, 0) is 13.1 Å². The molecule has 2 aromatic rings. The molecule has 0 aliphatic heterocycles. The van der Waals surface area contributed by atoms with Gasteiger partial charge in [0.25, 0.3) is 0 Å². The van der Waals surface area contributed by atoms with E-state index in [4.69, 9.17) is 0 Å². The van der Waals surface area contributed by atoms with E-state index < -0.39 is 0 Å². The maximum absolute atomic E-state index is 13.1. The fraction of sp³-hybridized carbons (Fsp3) is 0.231. The van der Waals surface area contributed by atoms with Crippen LogP contribution in [0.2, 0.25) is 0 Å². The van der Waals surface area contributed by atoms with E-state index >= 15 is 0 Å². The molecule has 0 amide bonds. The third-order valence-corrected chi connectivity index (χ3v) is 4.28. The number of thiophene rings is 1. The van der Waals surface area contributed by atoms with Crippen LogP contribution >= 0.6 is 27.3 Å². The molecule has 17 heavy (non-hydrogen) atoms. The topological polar surface area (TPSA) is 12.0 Å². The summed E-state index contributed by atoms with van der Waals surface area (Å²) in [7, 11) is 0. The van der Waals surface area contributed by atoms with E-state index in [-0.39, 0.29) is 5.82 Å². The van der Waals surface area contributed by atoms with Gasteiger partial charge in [0.1, 0.15) is 5.82 Å². The molecule has 0 aliphatic rings. The number of hydrogen-bond donors (Lipinski definition) is 1. The van der Waals surface area contributed by atoms with Gasteiger partial charge in [-0.2, -0.15) is 11.3 Å². The van der Waals surface area contributed by atoms with Crippen molar-refractivity contribution in [3.8, 4) is 0 Å². The first-order valence-corrected chi connectivity index (χ1v) is 7.06. The molecule has 0 saturated carbocycles. The minimum atomic E-state index is -0.197. The molecule has 0 saturated heterocycles. The smallest absolute Gasteiger partial charge is 0.123 e. The fourth-order valence-electron chi connectivity index (χ4n) is 1.58. The zero-order chi connectivity index (χ0) is 12.3. The van der Waals surface area contributed by atoms with Crippen LogP contribution in [0.4, 0.5) is 4.39 Å². The molecule has 1 nitrogen and oxygen atoms in total. The molecule has 1 aromatic heterocycles. The van der Waals surface area contributed by atoms with Crippen LogP contribution in [0.3, 0.4) is 0 Å². The van der Waals surface area contributed by atoms with Crippen LogP contribution in [0.1, 0.15) is 16.7 Å². The third-order valence-electron chi connectivity index (χ3n) is 2.60. The van der Waals surface area contributed by atoms with Crippen molar-refractivity contribution >= 4 is 27.3 Å². The lowest BCUT2D eigenvalue weighted by atomic mass is 10.2. The Morgan fingerprint density at radius 3 is 2.71 bits per heavy atom. The molecule has 0 spiro atoms. The van der Waals surface area contributed by atoms with Crippen LogP contribution in [0.25, 0.3) is 0 Å². The molecule has 0 atom stereocenters. The van der Waals surface area contributed by atoms with Gasteiger partial charge in [0.15, 0.2) is 0 Å². The van der Waals surface area contributed by atoms with E-state index in [1.165, 1.54) is 17.2 Å². The summed E-state index contributed by atoms with van der Waals surface area (Å²) in [6, 6.07) is 4.75. The van der Waals surface area contributed by atoms with Gasteiger partial charge in [0, 0.05) is 17.6 Å². The molecule has 0 unspecified atom stereocenters. The second-order valence-corrected chi connectivity index (χ2v) is 5.52. The van der Waals surface area contributed by atoms with Crippen LogP contribution in [0.15, 0.2) is 33.4 Å². The highest BCUT2D eigenvalue weighted by molar-refractivity contribution is 9.10. The quantitative estimate of drug-likeness (QED) is 0.890. The van der Waals surface area contributed by atoms with Gasteiger partial charge in [-0.05, 0) is 52.6 Å². The van der Waals surface area contributed by atoms with Gasteiger partial charge in [-0.1, -0.05) is 15.9 Å². The van der Waals surface area contributed by atoms with Gasteiger partial charge in [-0.3, -0.25) is 0 Å². The monoisotopic (exact) mass is 313 g/mol. The van der Waals surface area contributed by atoms with E-state index in [9.17, 15) is 4.39 Å². The molecule has 0 bridgehead atoms. The molecule has 0 radical (unpaired) electrons. The van der Waals surface area contributed by atoms with Crippen LogP contribution in [0.5, 0.6) is 0 Å². The van der Waals surface area contributed by atoms with Crippen LogP contribution in [-0.4, -0.2) is 0 Å². The summed E-state index contributed by atoms with van der Waals surface area (Å²) in [5.74, 6) is -0.197. The molecular formula is C13H13BrFNS. The van der Waals surface area contributed by atoms with Crippen molar-refractivity contribution in [1.82, 2.24) is 5.32 Å². The molecule has 2 rings (SSSR count). The Hall–Kier alpha value is -0.710. The average Bonchev–Trinajstić information content (AvgIpc) is 2.70. The van der Waals surface area contributed by atoms with Crippen molar-refractivity contribution < 1.29 is 4.39 Å². The number of hydrogen-bond acceptors (Lipinski definition) is 2. The molecule has 1 heterocycles. The summed E-state index contributed by atoms with van der Waals surface area (Å²) in [5, 5.41) is 7.60. The average molecular weight is 314 g/mol. The van der Waals surface area contributed by atoms with E-state index in [2.05, 4.69) is 38.9 Å². The predicted molar refractivity (Wildman–Crippen MR) is 73.7 cm³/mol. The Kier molecular flexibility index (Phi) is 4.31. The number of aryl methyl sites for hydroxylation is 1. The first-order valence-electron chi connectivity index (χ1n) is 5.33. The molecule has 1 aromatic carbocycles. The number of rotatable bonds is 4. The molecule has 90 valence electrons. The standard InChI is InChI=1S/C13H13BrFNS/c1-9-7-17-8-11(9)6-16-5-10-4-12(15)2-3-13(10)14/h2-4,7-8,16H,5-6H2,1H3. The molecule has 0 aliphatic carbocycles. The summed E-state index contributed by atoms with van der Waals surface area (Å²) < 4.78 is 14.0. The summed E-state index contributed by atoms with van der Waals surface area (Å²) in [6.07, 6.45) is 0. The maximum Gasteiger partial charge on any atom is 0.123 e. The Balaban J connectivity index is 1.94. The van der Waals surface area contributed by atoms with E-state index in [1.54, 1.807) is 23.5 Å². The highest BCUT2D eigenvalue weighted by Gasteiger charge is 2.03. The second kappa shape index (κ2) is 5.76. The zero-order valence-corrected chi connectivity index (χ0v) is 11.9. The molecular weight excluding hydrogens is 301 g/mol. The van der Waals surface area contributed by atoms with Gasteiger partial charge in [-0.25, -0.2) is 4.39 Å². The fourth-order valence-corrected chi connectivity index (χ4v) is 2.82. The van der Waals surface area contributed by atoms with Crippen molar-refractivity contribution in [1.29, 1.82) is 0 Å². The van der Waals surface area contributed by atoms with Gasteiger partial charge >= 0.3 is 0 Å². The van der Waals surface area contributed by atoms with Crippen molar-refractivity contribution in [3.63, 3.8) is 0 Å². The lowest BCUT2D eigenvalue weighted by Gasteiger charge is -2.07. The maximum atomic E-state index is 13.1. The van der Waals surface area contributed by atoms with Gasteiger partial charge in [0.05, 0.1) is 0 Å². The first kappa shape index (κ1) is 12.7. The Labute approximate surface area is 113 Å². The molecule has 1 N–H and O–H groups in total. The number of benzene rings is 1. The third kappa shape index (κ3) is 3.37. The summed E-state index contributed by atoms with van der Waals surface area (Å²) in [6.45, 7) is 3.58. The summed E-state index contributed by atoms with van der Waals surface area (Å²) in [4.78, 5) is 0. The van der Waals surface area contributed by atoms with Gasteiger partial charge in [-0.15, -0.1) is 0 Å². The lowest BCUT2D eigenvalue weighted by molar-refractivity contribution is 0.619. The Bertz CT molecular complexity index is 510. The Morgan fingerprint density at radius 2 is 2.00 bits per heavy atom. The Morgan fingerprint density at radius 1 is 1.24 bits per heavy atom. The second-order valence-electron chi connectivity index (χ2n) is 3.92. The van der Waals surface area contributed by atoms with Crippen molar-refractivity contribution in [3.05, 3.63) is 55.9 Å². The number of nitrogens with one attached hydrogen (secondary N) is 1. The first-order chi connectivity index (χ1) is 8.16. The highest BCUT2D eigenvalue weighted by Crippen LogP contribution is 2.18. The van der Waals surface area contributed by atoms with Gasteiger partial charge < -0.3 is 5.32 Å². The van der Waals surface area contributed by atoms with Crippen molar-refractivity contribution in [2.75, 3.05) is 0 Å². The van der Waals surface area contributed by atoms with Crippen molar-refractivity contribution in [2.24, 2.45) is 0 Å². The lowest BCUT2D eigenvalue weighted by Crippen LogP contribution is -2.13. The molecule has 4 heteroatoms.